The van der Waals surface area contributed by atoms with E-state index in [4.69, 9.17) is 0 Å². The van der Waals surface area contributed by atoms with E-state index in [0.29, 0.717) is 11.3 Å². The Bertz CT molecular complexity index is 646. The summed E-state index contributed by atoms with van der Waals surface area (Å²) in [5.74, 6) is 0. The topological polar surface area (TPSA) is 49.7 Å². The third-order valence-electron chi connectivity index (χ3n) is 3.25. The first kappa shape index (κ1) is 13.9. The van der Waals surface area contributed by atoms with E-state index in [2.05, 4.69) is 5.18 Å². The first-order valence-electron chi connectivity index (χ1n) is 6.27. The predicted molar refractivity (Wildman–Crippen MR) is 81.8 cm³/mol. The molecule has 0 aliphatic carbocycles. The summed E-state index contributed by atoms with van der Waals surface area (Å²) in [6, 6.07) is 11.0. The van der Waals surface area contributed by atoms with E-state index in [1.807, 2.05) is 44.1 Å². The van der Waals surface area contributed by atoms with Gasteiger partial charge < -0.3 is 4.90 Å². The van der Waals surface area contributed by atoms with Crippen molar-refractivity contribution in [3.8, 4) is 11.1 Å². The van der Waals surface area contributed by atoms with Gasteiger partial charge in [-0.2, -0.15) is 0 Å². The van der Waals surface area contributed by atoms with E-state index >= 15 is 0 Å². The highest BCUT2D eigenvalue weighted by atomic mass is 16.3. The minimum Gasteiger partial charge on any atom is -0.377 e. The molecule has 4 heteroatoms. The molecule has 0 unspecified atom stereocenters. The van der Waals surface area contributed by atoms with Gasteiger partial charge in [-0.15, -0.1) is 4.91 Å². The van der Waals surface area contributed by atoms with Gasteiger partial charge in [-0.05, 0) is 35.4 Å². The Morgan fingerprint density at radius 2 is 1.75 bits per heavy atom. The molecule has 0 radical (unpaired) electrons. The number of aldehydes is 1. The maximum absolute atomic E-state index is 10.9. The molecule has 0 amide bonds. The minimum absolute atomic E-state index is 0.435. The normalized spacial score (nSPS) is 10.2. The van der Waals surface area contributed by atoms with E-state index in [0.717, 1.165) is 28.7 Å². The number of nitrogens with zero attached hydrogens (tertiary/aromatic N) is 2. The van der Waals surface area contributed by atoms with Crippen molar-refractivity contribution in [1.29, 1.82) is 0 Å². The summed E-state index contributed by atoms with van der Waals surface area (Å²) < 4.78 is 0. The lowest BCUT2D eigenvalue weighted by atomic mass is 9.99. The van der Waals surface area contributed by atoms with Crippen LogP contribution < -0.4 is 4.90 Å². The van der Waals surface area contributed by atoms with Crippen LogP contribution in [-0.2, 0) is 0 Å². The standard InChI is InChI=1S/C16H16N2O2/c1-11-8-16(18(2)3)14(9-15(11)17-20)13-6-4-12(10-19)5-7-13/h4-10H,1-3H3. The molecule has 2 aromatic rings. The largest absolute Gasteiger partial charge is 0.377 e. The maximum Gasteiger partial charge on any atom is 0.150 e. The molecule has 0 heterocycles. The van der Waals surface area contributed by atoms with Crippen LogP contribution in [0.5, 0.6) is 0 Å². The summed E-state index contributed by atoms with van der Waals surface area (Å²) in [6.45, 7) is 1.86. The number of hydrogen-bond donors (Lipinski definition) is 0. The van der Waals surface area contributed by atoms with Gasteiger partial charge in [0.2, 0.25) is 0 Å². The second-order valence-corrected chi connectivity index (χ2v) is 4.88. The highest BCUT2D eigenvalue weighted by molar-refractivity contribution is 5.84. The second kappa shape index (κ2) is 5.65. The summed E-state index contributed by atoms with van der Waals surface area (Å²) in [5, 5.41) is 3.07. The third kappa shape index (κ3) is 2.59. The van der Waals surface area contributed by atoms with Gasteiger partial charge in [-0.1, -0.05) is 24.3 Å². The number of nitroso groups, excluding NO2 is 1. The van der Waals surface area contributed by atoms with Gasteiger partial charge in [0.05, 0.1) is 0 Å². The van der Waals surface area contributed by atoms with Gasteiger partial charge in [0.1, 0.15) is 12.0 Å². The summed E-state index contributed by atoms with van der Waals surface area (Å²) in [6.07, 6.45) is 0.810. The molecule has 0 fully saturated rings. The summed E-state index contributed by atoms with van der Waals surface area (Å²) in [4.78, 5) is 23.6. The van der Waals surface area contributed by atoms with Crippen molar-refractivity contribution >= 4 is 17.7 Å². The highest BCUT2D eigenvalue weighted by Crippen LogP contribution is 2.35. The molecule has 20 heavy (non-hydrogen) atoms. The number of hydrogen-bond acceptors (Lipinski definition) is 4. The molecule has 0 N–H and O–H groups in total. The van der Waals surface area contributed by atoms with Crippen LogP contribution in [0.25, 0.3) is 11.1 Å². The Balaban J connectivity index is 2.63. The molecule has 0 aromatic heterocycles. The molecule has 0 aliphatic heterocycles. The molecule has 102 valence electrons. The number of benzene rings is 2. The molecular formula is C16H16N2O2. The van der Waals surface area contributed by atoms with Crippen molar-refractivity contribution in [3.05, 3.63) is 52.4 Å². The van der Waals surface area contributed by atoms with Gasteiger partial charge in [-0.3, -0.25) is 4.79 Å². The van der Waals surface area contributed by atoms with Crippen molar-refractivity contribution in [3.63, 3.8) is 0 Å². The SMILES string of the molecule is Cc1cc(N(C)C)c(-c2ccc(C=O)cc2)cc1N=O. The van der Waals surface area contributed by atoms with Gasteiger partial charge in [0, 0.05) is 30.9 Å². The molecule has 0 saturated heterocycles. The maximum atomic E-state index is 10.9. The molecule has 0 aliphatic rings. The fraction of sp³-hybridized carbons (Fsp3) is 0.188. The van der Waals surface area contributed by atoms with Gasteiger partial charge >= 0.3 is 0 Å². The Kier molecular flexibility index (Phi) is 3.94. The van der Waals surface area contributed by atoms with Crippen LogP contribution in [0.1, 0.15) is 15.9 Å². The number of rotatable bonds is 4. The predicted octanol–water partition coefficient (Wildman–Crippen LogP) is 3.94. The Labute approximate surface area is 118 Å². The van der Waals surface area contributed by atoms with Crippen LogP contribution in [0.3, 0.4) is 0 Å². The number of anilines is 1. The fourth-order valence-electron chi connectivity index (χ4n) is 2.12. The highest BCUT2D eigenvalue weighted by Gasteiger charge is 2.11. The van der Waals surface area contributed by atoms with Crippen molar-refractivity contribution < 1.29 is 4.79 Å². The molecule has 2 rings (SSSR count). The smallest absolute Gasteiger partial charge is 0.150 e. The number of carbonyl (C=O) groups excluding carboxylic acids is 1. The quantitative estimate of drug-likeness (QED) is 0.623. The van der Waals surface area contributed by atoms with Crippen LogP contribution >= 0.6 is 0 Å². The first-order valence-corrected chi connectivity index (χ1v) is 6.27. The molecule has 4 nitrogen and oxygen atoms in total. The zero-order chi connectivity index (χ0) is 14.7. The van der Waals surface area contributed by atoms with E-state index in [-0.39, 0.29) is 0 Å². The second-order valence-electron chi connectivity index (χ2n) is 4.88. The minimum atomic E-state index is 0.435. The van der Waals surface area contributed by atoms with Crippen LogP contribution in [-0.4, -0.2) is 20.4 Å². The van der Waals surface area contributed by atoms with E-state index in [9.17, 15) is 9.70 Å². The third-order valence-corrected chi connectivity index (χ3v) is 3.25. The lowest BCUT2D eigenvalue weighted by Gasteiger charge is -2.19. The molecule has 0 saturated carbocycles. The van der Waals surface area contributed by atoms with E-state index in [1.165, 1.54) is 0 Å². The zero-order valence-corrected chi connectivity index (χ0v) is 11.8. The van der Waals surface area contributed by atoms with Crippen molar-refractivity contribution in [2.75, 3.05) is 19.0 Å². The van der Waals surface area contributed by atoms with Crippen molar-refractivity contribution in [2.45, 2.75) is 6.92 Å². The molecule has 0 atom stereocenters. The van der Waals surface area contributed by atoms with Crippen LogP contribution in [0.15, 0.2) is 41.6 Å². The van der Waals surface area contributed by atoms with E-state index < -0.39 is 0 Å². The first-order chi connectivity index (χ1) is 9.56. The van der Waals surface area contributed by atoms with E-state index in [1.54, 1.807) is 18.2 Å². The molecule has 0 bridgehead atoms. The summed E-state index contributed by atoms with van der Waals surface area (Å²) >= 11 is 0. The Morgan fingerprint density at radius 1 is 1.10 bits per heavy atom. The number of aryl methyl sites for hydroxylation is 1. The fourth-order valence-corrected chi connectivity index (χ4v) is 2.12. The van der Waals surface area contributed by atoms with Crippen molar-refractivity contribution in [1.82, 2.24) is 0 Å². The van der Waals surface area contributed by atoms with Gasteiger partial charge in [0.15, 0.2) is 0 Å². The molecular weight excluding hydrogens is 252 g/mol. The summed E-state index contributed by atoms with van der Waals surface area (Å²) in [7, 11) is 3.90. The Morgan fingerprint density at radius 3 is 2.25 bits per heavy atom. The zero-order valence-electron chi connectivity index (χ0n) is 11.8. The van der Waals surface area contributed by atoms with Crippen molar-refractivity contribution in [2.24, 2.45) is 5.18 Å². The lowest BCUT2D eigenvalue weighted by Crippen LogP contribution is -2.10. The van der Waals surface area contributed by atoms with Gasteiger partial charge in [-0.25, -0.2) is 0 Å². The molecule has 2 aromatic carbocycles. The van der Waals surface area contributed by atoms with Crippen LogP contribution in [0.4, 0.5) is 11.4 Å². The van der Waals surface area contributed by atoms with Gasteiger partial charge in [0.25, 0.3) is 0 Å². The average Bonchev–Trinajstić information content (AvgIpc) is 2.47. The molecule has 0 spiro atoms. The van der Waals surface area contributed by atoms with Crippen LogP contribution in [0.2, 0.25) is 0 Å². The summed E-state index contributed by atoms with van der Waals surface area (Å²) in [5.41, 5.74) is 4.79. The van der Waals surface area contributed by atoms with Crippen LogP contribution in [0, 0.1) is 11.8 Å². The average molecular weight is 268 g/mol. The number of carbonyl (C=O) groups is 1. The monoisotopic (exact) mass is 268 g/mol. The Hall–Kier alpha value is -2.49. The lowest BCUT2D eigenvalue weighted by molar-refractivity contribution is 0.112.